The molecular weight excluding hydrogens is 354 g/mol. The highest BCUT2D eigenvalue weighted by atomic mass is 16.6. The number of rotatable bonds is 9. The first-order valence-corrected chi connectivity index (χ1v) is 8.49. The lowest BCUT2D eigenvalue weighted by Crippen LogP contribution is -2.39. The van der Waals surface area contributed by atoms with Gasteiger partial charge in [-0.15, -0.1) is 0 Å². The Morgan fingerprint density at radius 1 is 1.19 bits per heavy atom. The summed E-state index contributed by atoms with van der Waals surface area (Å²) < 4.78 is 20.2. The number of hydrogen-bond donors (Lipinski definition) is 1. The molecular formula is C19H25NO7. The van der Waals surface area contributed by atoms with E-state index in [1.54, 1.807) is 18.2 Å². The number of ether oxygens (including phenoxy) is 4. The van der Waals surface area contributed by atoms with Crippen molar-refractivity contribution >= 4 is 24.0 Å². The lowest BCUT2D eigenvalue weighted by atomic mass is 10.2. The summed E-state index contributed by atoms with van der Waals surface area (Å²) in [6.07, 6.45) is 2.59. The van der Waals surface area contributed by atoms with Gasteiger partial charge in [0, 0.05) is 6.08 Å². The number of amides is 2. The van der Waals surface area contributed by atoms with E-state index in [0.29, 0.717) is 23.7 Å². The van der Waals surface area contributed by atoms with E-state index in [1.165, 1.54) is 26.2 Å². The van der Waals surface area contributed by atoms with Crippen LogP contribution in [0.1, 0.15) is 32.3 Å². The van der Waals surface area contributed by atoms with Crippen molar-refractivity contribution in [3.63, 3.8) is 0 Å². The van der Waals surface area contributed by atoms with Crippen LogP contribution in [-0.2, 0) is 19.1 Å². The third kappa shape index (κ3) is 7.81. The van der Waals surface area contributed by atoms with Gasteiger partial charge in [-0.1, -0.05) is 19.4 Å². The highest BCUT2D eigenvalue weighted by Gasteiger charge is 2.19. The maximum Gasteiger partial charge on any atom is 0.413 e. The van der Waals surface area contributed by atoms with Crippen LogP contribution in [-0.4, -0.2) is 44.9 Å². The molecule has 1 atom stereocenters. The van der Waals surface area contributed by atoms with Crippen LogP contribution in [0.2, 0.25) is 0 Å². The topological polar surface area (TPSA) is 100 Å². The Kier molecular flexibility index (Phi) is 9.42. The van der Waals surface area contributed by atoms with Gasteiger partial charge in [-0.05, 0) is 37.1 Å². The Labute approximate surface area is 158 Å². The molecule has 1 aromatic carbocycles. The molecule has 1 rings (SSSR count). The molecule has 8 nitrogen and oxygen atoms in total. The molecule has 1 aromatic rings. The van der Waals surface area contributed by atoms with Gasteiger partial charge in [0.1, 0.15) is 0 Å². The molecule has 0 radical (unpaired) electrons. The van der Waals surface area contributed by atoms with Crippen molar-refractivity contribution in [2.45, 2.75) is 32.8 Å². The first kappa shape index (κ1) is 22.0. The van der Waals surface area contributed by atoms with Crippen molar-refractivity contribution < 1.29 is 33.3 Å². The zero-order valence-corrected chi connectivity index (χ0v) is 15.9. The molecule has 0 aliphatic heterocycles. The quantitative estimate of drug-likeness (QED) is 0.400. The van der Waals surface area contributed by atoms with Crippen LogP contribution < -0.4 is 14.8 Å². The van der Waals surface area contributed by atoms with E-state index in [4.69, 9.17) is 14.2 Å². The van der Waals surface area contributed by atoms with Crippen molar-refractivity contribution in [2.24, 2.45) is 0 Å². The van der Waals surface area contributed by atoms with Gasteiger partial charge in [0.2, 0.25) is 0 Å². The van der Waals surface area contributed by atoms with Crippen molar-refractivity contribution in [3.8, 4) is 11.5 Å². The van der Waals surface area contributed by atoms with Gasteiger partial charge in [-0.25, -0.2) is 9.59 Å². The monoisotopic (exact) mass is 379 g/mol. The Morgan fingerprint density at radius 2 is 1.93 bits per heavy atom. The minimum atomic E-state index is -1.15. The van der Waals surface area contributed by atoms with Crippen LogP contribution in [0.3, 0.4) is 0 Å². The zero-order chi connectivity index (χ0) is 20.2. The van der Waals surface area contributed by atoms with Crippen LogP contribution in [0.4, 0.5) is 4.79 Å². The molecule has 0 unspecified atom stereocenters. The number of carbonyl (C=O) groups excluding carboxylic acids is 3. The first-order chi connectivity index (χ1) is 12.9. The van der Waals surface area contributed by atoms with Crippen LogP contribution in [0.5, 0.6) is 11.5 Å². The lowest BCUT2D eigenvalue weighted by Gasteiger charge is -2.11. The van der Waals surface area contributed by atoms with E-state index in [0.717, 1.165) is 20.0 Å². The smallest absolute Gasteiger partial charge is 0.413 e. The maximum absolute atomic E-state index is 11.8. The fourth-order valence-electron chi connectivity index (χ4n) is 1.92. The second kappa shape index (κ2) is 11.6. The van der Waals surface area contributed by atoms with Crippen LogP contribution in [0.25, 0.3) is 6.08 Å². The highest BCUT2D eigenvalue weighted by Crippen LogP contribution is 2.28. The fourth-order valence-corrected chi connectivity index (χ4v) is 1.92. The molecule has 0 aliphatic rings. The molecule has 0 aliphatic carbocycles. The largest absolute Gasteiger partial charge is 0.493 e. The summed E-state index contributed by atoms with van der Waals surface area (Å²) in [6, 6.07) is 5.24. The number of benzene rings is 1. The third-order valence-corrected chi connectivity index (χ3v) is 3.43. The third-order valence-electron chi connectivity index (χ3n) is 3.43. The average Bonchev–Trinajstić information content (AvgIpc) is 2.66. The number of imide groups is 1. The van der Waals surface area contributed by atoms with Crippen molar-refractivity contribution in [1.29, 1.82) is 0 Å². The predicted octanol–water partition coefficient (Wildman–Crippen LogP) is 2.70. The van der Waals surface area contributed by atoms with Crippen LogP contribution in [0.15, 0.2) is 24.3 Å². The summed E-state index contributed by atoms with van der Waals surface area (Å²) in [5.74, 6) is -0.338. The van der Waals surface area contributed by atoms with E-state index >= 15 is 0 Å². The standard InChI is InChI=1S/C19H25NO7/c1-5-6-11-26-15-9-7-14(12-16(15)24-3)8-10-17(21)27-13(2)18(22)20-19(23)25-4/h7-10,12-13H,5-6,11H2,1-4H3,(H,20,22,23)/b10-8+/t13-/m0/s1. The Hall–Kier alpha value is -3.03. The van der Waals surface area contributed by atoms with Gasteiger partial charge >= 0.3 is 12.1 Å². The van der Waals surface area contributed by atoms with E-state index in [-0.39, 0.29) is 0 Å². The summed E-state index contributed by atoms with van der Waals surface area (Å²) in [7, 11) is 2.65. The van der Waals surface area contributed by atoms with Crippen molar-refractivity contribution in [1.82, 2.24) is 5.32 Å². The summed E-state index contributed by atoms with van der Waals surface area (Å²) in [4.78, 5) is 34.4. The Balaban J connectivity index is 2.66. The van der Waals surface area contributed by atoms with E-state index in [1.807, 2.05) is 5.32 Å². The molecule has 2 amide bonds. The fraction of sp³-hybridized carbons (Fsp3) is 0.421. The summed E-state index contributed by atoms with van der Waals surface area (Å²) in [5, 5.41) is 1.92. The SMILES string of the molecule is CCCCOc1ccc(/C=C/C(=O)O[C@@H](C)C(=O)NC(=O)OC)cc1OC. The molecule has 148 valence electrons. The Bertz CT molecular complexity index is 685. The first-order valence-electron chi connectivity index (χ1n) is 8.49. The number of nitrogens with one attached hydrogen (secondary N) is 1. The molecule has 0 saturated heterocycles. The number of esters is 1. The molecule has 0 saturated carbocycles. The molecule has 0 spiro atoms. The molecule has 0 heterocycles. The summed E-state index contributed by atoms with van der Waals surface area (Å²) in [6.45, 7) is 4.02. The second-order valence-electron chi connectivity index (χ2n) is 5.51. The maximum atomic E-state index is 11.8. The number of alkyl carbamates (subject to hydrolysis) is 1. The van der Waals surface area contributed by atoms with Gasteiger partial charge in [0.05, 0.1) is 20.8 Å². The van der Waals surface area contributed by atoms with Gasteiger partial charge in [0.25, 0.3) is 5.91 Å². The van der Waals surface area contributed by atoms with Gasteiger partial charge in [-0.2, -0.15) is 0 Å². The summed E-state index contributed by atoms with van der Waals surface area (Å²) >= 11 is 0. The highest BCUT2D eigenvalue weighted by molar-refractivity contribution is 5.96. The van der Waals surface area contributed by atoms with E-state index in [2.05, 4.69) is 11.7 Å². The van der Waals surface area contributed by atoms with E-state index < -0.39 is 24.1 Å². The Morgan fingerprint density at radius 3 is 2.56 bits per heavy atom. The number of carbonyl (C=O) groups is 3. The van der Waals surface area contributed by atoms with E-state index in [9.17, 15) is 14.4 Å². The lowest BCUT2D eigenvalue weighted by molar-refractivity contribution is -0.149. The minimum Gasteiger partial charge on any atom is -0.493 e. The van der Waals surface area contributed by atoms with Crippen LogP contribution >= 0.6 is 0 Å². The number of methoxy groups -OCH3 is 2. The van der Waals surface area contributed by atoms with Gasteiger partial charge < -0.3 is 18.9 Å². The summed E-state index contributed by atoms with van der Waals surface area (Å²) in [5.41, 5.74) is 0.693. The second-order valence-corrected chi connectivity index (χ2v) is 5.51. The molecule has 0 bridgehead atoms. The average molecular weight is 379 g/mol. The number of unbranched alkanes of at least 4 members (excludes halogenated alkanes) is 1. The molecule has 8 heteroatoms. The molecule has 0 fully saturated rings. The molecule has 1 N–H and O–H groups in total. The minimum absolute atomic E-state index is 0.549. The van der Waals surface area contributed by atoms with Gasteiger partial charge in [-0.3, -0.25) is 10.1 Å². The molecule has 27 heavy (non-hydrogen) atoms. The number of hydrogen-bond acceptors (Lipinski definition) is 7. The predicted molar refractivity (Wildman–Crippen MR) is 98.5 cm³/mol. The van der Waals surface area contributed by atoms with Crippen LogP contribution in [0, 0.1) is 0 Å². The normalized spacial score (nSPS) is 11.6. The van der Waals surface area contributed by atoms with Gasteiger partial charge in [0.15, 0.2) is 17.6 Å². The van der Waals surface area contributed by atoms with Crippen molar-refractivity contribution in [2.75, 3.05) is 20.8 Å². The zero-order valence-electron chi connectivity index (χ0n) is 15.9. The van der Waals surface area contributed by atoms with Crippen molar-refractivity contribution in [3.05, 3.63) is 29.8 Å². The molecule has 0 aromatic heterocycles.